The molecule has 0 spiro atoms. The summed E-state index contributed by atoms with van der Waals surface area (Å²) in [5.41, 5.74) is 0.0995. The van der Waals surface area contributed by atoms with Crippen LogP contribution in [0.25, 0.3) is 22.2 Å². The molecule has 0 fully saturated rings. The van der Waals surface area contributed by atoms with Gasteiger partial charge in [-0.05, 0) is 18.2 Å². The number of para-hydroxylation sites is 1. The van der Waals surface area contributed by atoms with E-state index in [1.165, 1.54) is 24.4 Å². The maximum atomic E-state index is 13.7. The maximum Gasteiger partial charge on any atom is 0.412 e. The van der Waals surface area contributed by atoms with Gasteiger partial charge in [0.1, 0.15) is 0 Å². The molecule has 1 N–H and O–H groups in total. The van der Waals surface area contributed by atoms with Gasteiger partial charge in [-0.15, -0.1) is 0 Å². The number of nitrogens with one attached hydrogen (secondary N) is 1. The number of benzene rings is 1. The van der Waals surface area contributed by atoms with Crippen molar-refractivity contribution in [2.45, 2.75) is 19.1 Å². The van der Waals surface area contributed by atoms with E-state index in [2.05, 4.69) is 4.98 Å². The van der Waals surface area contributed by atoms with Crippen molar-refractivity contribution in [1.29, 1.82) is 0 Å². The fourth-order valence-electron chi connectivity index (χ4n) is 2.76. The van der Waals surface area contributed by atoms with E-state index in [1.54, 1.807) is 18.2 Å². The van der Waals surface area contributed by atoms with Crippen molar-refractivity contribution in [3.8, 4) is 11.3 Å². The average Bonchev–Trinajstić information content (AvgIpc) is 2.58. The number of fused-ring (bicyclic) bond motifs is 1. The highest BCUT2D eigenvalue weighted by Gasteiger charge is 2.43. The Bertz CT molecular complexity index is 1020. The standard InChI is InChI=1S/C18H13ClF3N3O2/c1-10(26)23-17(18(20,21)22)13-8-11-4-2-6-14(19)16(11)24-15(13)12-5-3-7-25(27)9-12/h2-9,17H,1H3,(H,23,26)/t17-/m0/s1. The fourth-order valence-corrected chi connectivity index (χ4v) is 2.99. The minimum absolute atomic E-state index is 0.0862. The molecule has 0 unspecified atom stereocenters. The van der Waals surface area contributed by atoms with Gasteiger partial charge in [0, 0.05) is 23.9 Å². The molecule has 0 aliphatic rings. The van der Waals surface area contributed by atoms with Gasteiger partial charge < -0.3 is 10.5 Å². The third-order valence-corrected chi connectivity index (χ3v) is 4.17. The molecule has 0 bridgehead atoms. The molecule has 0 aliphatic heterocycles. The Balaban J connectivity index is 2.34. The maximum absolute atomic E-state index is 13.7. The van der Waals surface area contributed by atoms with Crippen LogP contribution in [0, 0.1) is 5.21 Å². The molecule has 3 aromatic rings. The zero-order valence-electron chi connectivity index (χ0n) is 13.9. The van der Waals surface area contributed by atoms with Crippen LogP contribution in [0.5, 0.6) is 0 Å². The lowest BCUT2D eigenvalue weighted by atomic mass is 9.98. The highest BCUT2D eigenvalue weighted by molar-refractivity contribution is 6.35. The van der Waals surface area contributed by atoms with Gasteiger partial charge in [0.25, 0.3) is 0 Å². The van der Waals surface area contributed by atoms with Gasteiger partial charge in [0.2, 0.25) is 5.91 Å². The number of alkyl halides is 3. The lowest BCUT2D eigenvalue weighted by Gasteiger charge is -2.24. The van der Waals surface area contributed by atoms with E-state index in [-0.39, 0.29) is 21.8 Å². The summed E-state index contributed by atoms with van der Waals surface area (Å²) in [5, 5.41) is 14.2. The molecule has 0 aliphatic carbocycles. The summed E-state index contributed by atoms with van der Waals surface area (Å²) in [7, 11) is 0. The first kappa shape index (κ1) is 18.9. The lowest BCUT2D eigenvalue weighted by molar-refractivity contribution is -0.604. The smallest absolute Gasteiger partial charge is 0.412 e. The van der Waals surface area contributed by atoms with E-state index < -0.39 is 18.1 Å². The first-order valence-corrected chi connectivity index (χ1v) is 8.17. The van der Waals surface area contributed by atoms with Crippen LogP contribution in [-0.4, -0.2) is 17.1 Å². The van der Waals surface area contributed by atoms with Crippen molar-refractivity contribution in [2.24, 2.45) is 0 Å². The Kier molecular flexibility index (Phi) is 4.93. The number of hydrogen-bond donors (Lipinski definition) is 1. The van der Waals surface area contributed by atoms with Gasteiger partial charge >= 0.3 is 6.18 Å². The van der Waals surface area contributed by atoms with Gasteiger partial charge in [-0.3, -0.25) is 4.79 Å². The second-order valence-corrected chi connectivity index (χ2v) is 6.27. The van der Waals surface area contributed by atoms with Crippen molar-refractivity contribution < 1.29 is 22.7 Å². The van der Waals surface area contributed by atoms with E-state index in [9.17, 15) is 23.2 Å². The Morgan fingerprint density at radius 1 is 1.30 bits per heavy atom. The number of carbonyl (C=O) groups excluding carboxylic acids is 1. The molecule has 27 heavy (non-hydrogen) atoms. The number of nitrogens with zero attached hydrogens (tertiary/aromatic N) is 2. The summed E-state index contributed by atoms with van der Waals surface area (Å²) in [5.74, 6) is -0.846. The molecule has 9 heteroatoms. The van der Waals surface area contributed by atoms with Gasteiger partial charge in [-0.2, -0.15) is 17.9 Å². The summed E-state index contributed by atoms with van der Waals surface area (Å²) in [6, 6.07) is 6.57. The van der Waals surface area contributed by atoms with Crippen LogP contribution in [0.15, 0.2) is 48.8 Å². The Morgan fingerprint density at radius 3 is 2.67 bits per heavy atom. The SMILES string of the molecule is CC(=O)N[C@@H](c1cc2cccc(Cl)c2nc1-c1ccc[n+]([O-])c1)C(F)(F)F. The molecule has 2 aromatic heterocycles. The number of hydrogen-bond acceptors (Lipinski definition) is 3. The number of amides is 1. The third kappa shape index (κ3) is 3.95. The van der Waals surface area contributed by atoms with Gasteiger partial charge in [-0.1, -0.05) is 23.7 Å². The number of carbonyl (C=O) groups is 1. The molecular formula is C18H13ClF3N3O2. The van der Waals surface area contributed by atoms with Crippen molar-refractivity contribution >= 4 is 28.4 Å². The average molecular weight is 396 g/mol. The van der Waals surface area contributed by atoms with Gasteiger partial charge in [0.15, 0.2) is 18.4 Å². The summed E-state index contributed by atoms with van der Waals surface area (Å²) < 4.78 is 41.5. The lowest BCUT2D eigenvalue weighted by Crippen LogP contribution is -2.37. The summed E-state index contributed by atoms with van der Waals surface area (Å²) >= 11 is 6.13. The van der Waals surface area contributed by atoms with Crippen LogP contribution in [-0.2, 0) is 4.79 Å². The normalized spacial score (nSPS) is 12.8. The topological polar surface area (TPSA) is 68.9 Å². The van der Waals surface area contributed by atoms with Crippen LogP contribution in [0.1, 0.15) is 18.5 Å². The predicted octanol–water partition coefficient (Wildman–Crippen LogP) is 3.93. The summed E-state index contributed by atoms with van der Waals surface area (Å²) in [6.45, 7) is 0.998. The molecule has 0 radical (unpaired) electrons. The summed E-state index contributed by atoms with van der Waals surface area (Å²) in [4.78, 5) is 15.7. The number of pyridine rings is 2. The van der Waals surface area contributed by atoms with Crippen LogP contribution >= 0.6 is 11.6 Å². The Morgan fingerprint density at radius 2 is 2.04 bits per heavy atom. The van der Waals surface area contributed by atoms with Crippen molar-refractivity contribution in [3.63, 3.8) is 0 Å². The molecule has 140 valence electrons. The molecule has 1 aromatic carbocycles. The molecule has 0 saturated heterocycles. The summed E-state index contributed by atoms with van der Waals surface area (Å²) in [6.07, 6.45) is -2.46. The Labute approximate surface area is 157 Å². The quantitative estimate of drug-likeness (QED) is 0.539. The molecule has 1 amide bonds. The van der Waals surface area contributed by atoms with Crippen molar-refractivity contribution in [2.75, 3.05) is 0 Å². The highest BCUT2D eigenvalue weighted by Crippen LogP contribution is 2.39. The zero-order chi connectivity index (χ0) is 19.8. The zero-order valence-corrected chi connectivity index (χ0v) is 14.7. The second kappa shape index (κ2) is 7.03. The van der Waals surface area contributed by atoms with E-state index in [1.807, 2.05) is 5.32 Å². The highest BCUT2D eigenvalue weighted by atomic mass is 35.5. The van der Waals surface area contributed by atoms with Crippen LogP contribution < -0.4 is 10.0 Å². The van der Waals surface area contributed by atoms with Crippen molar-refractivity contribution in [3.05, 3.63) is 64.6 Å². The first-order chi connectivity index (χ1) is 12.7. The third-order valence-electron chi connectivity index (χ3n) is 3.86. The van der Waals surface area contributed by atoms with Crippen LogP contribution in [0.4, 0.5) is 13.2 Å². The molecule has 5 nitrogen and oxygen atoms in total. The number of rotatable bonds is 3. The van der Waals surface area contributed by atoms with E-state index in [0.29, 0.717) is 15.6 Å². The van der Waals surface area contributed by atoms with Crippen molar-refractivity contribution in [1.82, 2.24) is 10.3 Å². The van der Waals surface area contributed by atoms with E-state index in [4.69, 9.17) is 11.6 Å². The van der Waals surface area contributed by atoms with Crippen LogP contribution in [0.2, 0.25) is 5.02 Å². The monoisotopic (exact) mass is 395 g/mol. The predicted molar refractivity (Wildman–Crippen MR) is 93.8 cm³/mol. The largest absolute Gasteiger partial charge is 0.619 e. The van der Waals surface area contributed by atoms with E-state index in [0.717, 1.165) is 13.1 Å². The van der Waals surface area contributed by atoms with Gasteiger partial charge in [-0.25, -0.2) is 4.98 Å². The molecular weight excluding hydrogens is 383 g/mol. The minimum atomic E-state index is -4.77. The molecule has 1 atom stereocenters. The first-order valence-electron chi connectivity index (χ1n) is 7.79. The van der Waals surface area contributed by atoms with Crippen LogP contribution in [0.3, 0.4) is 0 Å². The fraction of sp³-hybridized carbons (Fsp3) is 0.167. The number of aromatic nitrogens is 2. The van der Waals surface area contributed by atoms with E-state index >= 15 is 0 Å². The Hall–Kier alpha value is -2.87. The molecule has 0 saturated carbocycles. The minimum Gasteiger partial charge on any atom is -0.619 e. The molecule has 3 rings (SSSR count). The number of halogens is 4. The van der Waals surface area contributed by atoms with Gasteiger partial charge in [0.05, 0.1) is 21.8 Å². The molecule has 2 heterocycles. The second-order valence-electron chi connectivity index (χ2n) is 5.87.